The first-order chi connectivity index (χ1) is 12.1. The molecule has 1 aromatic carbocycles. The molecular weight excluding hydrogens is 342 g/mol. The first-order valence-electron chi connectivity index (χ1n) is 7.56. The molecule has 7 nitrogen and oxygen atoms in total. The van der Waals surface area contributed by atoms with Crippen molar-refractivity contribution in [3.8, 4) is 5.75 Å². The molecule has 2 rings (SSSR count). The first kappa shape index (κ1) is 18.5. The van der Waals surface area contributed by atoms with Crippen molar-refractivity contribution in [2.75, 3.05) is 20.2 Å². The zero-order valence-electron chi connectivity index (χ0n) is 13.7. The molecule has 132 valence electrons. The average molecular weight is 361 g/mol. The van der Waals surface area contributed by atoms with Crippen LogP contribution in [0.3, 0.4) is 0 Å². The van der Waals surface area contributed by atoms with Gasteiger partial charge in [0.15, 0.2) is 0 Å². The van der Waals surface area contributed by atoms with Crippen LogP contribution in [-0.4, -0.2) is 37.9 Å². The molecule has 0 unspecified atom stereocenters. The molecule has 0 aliphatic rings. The SMILES string of the molecule is COc1ccc(CNC(=O)CNC(=O)CNC(=O)c2cccs2)cc1. The molecule has 0 radical (unpaired) electrons. The fourth-order valence-electron chi connectivity index (χ4n) is 1.90. The lowest BCUT2D eigenvalue weighted by atomic mass is 10.2. The number of thiophene rings is 1. The highest BCUT2D eigenvalue weighted by Gasteiger charge is 2.09. The molecule has 0 aliphatic carbocycles. The Kier molecular flexibility index (Phi) is 6.97. The lowest BCUT2D eigenvalue weighted by Crippen LogP contribution is -2.41. The highest BCUT2D eigenvalue weighted by molar-refractivity contribution is 7.12. The quantitative estimate of drug-likeness (QED) is 0.651. The molecule has 3 amide bonds. The van der Waals surface area contributed by atoms with Gasteiger partial charge in [0.05, 0.1) is 25.1 Å². The Morgan fingerprint density at radius 3 is 2.28 bits per heavy atom. The van der Waals surface area contributed by atoms with E-state index in [-0.39, 0.29) is 24.9 Å². The Bertz CT molecular complexity index is 714. The number of rotatable bonds is 8. The molecule has 0 fully saturated rings. The molecule has 25 heavy (non-hydrogen) atoms. The third-order valence-corrected chi connectivity index (χ3v) is 4.12. The van der Waals surface area contributed by atoms with Gasteiger partial charge in [-0.2, -0.15) is 0 Å². The monoisotopic (exact) mass is 361 g/mol. The summed E-state index contributed by atoms with van der Waals surface area (Å²) in [6.07, 6.45) is 0. The predicted molar refractivity (Wildman–Crippen MR) is 94.5 cm³/mol. The van der Waals surface area contributed by atoms with E-state index < -0.39 is 5.91 Å². The van der Waals surface area contributed by atoms with Gasteiger partial charge < -0.3 is 20.7 Å². The highest BCUT2D eigenvalue weighted by Crippen LogP contribution is 2.10. The van der Waals surface area contributed by atoms with Crippen molar-refractivity contribution in [1.29, 1.82) is 0 Å². The van der Waals surface area contributed by atoms with Crippen molar-refractivity contribution >= 4 is 29.1 Å². The van der Waals surface area contributed by atoms with Crippen LogP contribution in [0.5, 0.6) is 5.75 Å². The van der Waals surface area contributed by atoms with Crippen LogP contribution in [0.15, 0.2) is 41.8 Å². The van der Waals surface area contributed by atoms with E-state index >= 15 is 0 Å². The van der Waals surface area contributed by atoms with E-state index in [1.807, 2.05) is 12.1 Å². The summed E-state index contributed by atoms with van der Waals surface area (Å²) < 4.78 is 5.06. The maximum absolute atomic E-state index is 11.7. The van der Waals surface area contributed by atoms with Gasteiger partial charge in [-0.1, -0.05) is 18.2 Å². The summed E-state index contributed by atoms with van der Waals surface area (Å²) in [7, 11) is 1.59. The lowest BCUT2D eigenvalue weighted by molar-refractivity contribution is -0.125. The van der Waals surface area contributed by atoms with Gasteiger partial charge in [-0.05, 0) is 29.1 Å². The van der Waals surface area contributed by atoms with Crippen LogP contribution >= 0.6 is 11.3 Å². The molecule has 1 heterocycles. The molecule has 8 heteroatoms. The Hall–Kier alpha value is -2.87. The standard InChI is InChI=1S/C17H19N3O4S/c1-24-13-6-4-12(5-7-13)9-18-15(21)10-19-16(22)11-20-17(23)14-3-2-8-25-14/h2-8H,9-11H2,1H3,(H,18,21)(H,19,22)(H,20,23). The second-order valence-corrected chi connectivity index (χ2v) is 6.01. The first-order valence-corrected chi connectivity index (χ1v) is 8.44. The van der Waals surface area contributed by atoms with Crippen LogP contribution in [-0.2, 0) is 16.1 Å². The summed E-state index contributed by atoms with van der Waals surface area (Å²) in [5.41, 5.74) is 0.920. The number of hydrogen-bond donors (Lipinski definition) is 3. The number of carbonyl (C=O) groups is 3. The minimum absolute atomic E-state index is 0.149. The normalized spacial score (nSPS) is 9.96. The van der Waals surface area contributed by atoms with Gasteiger partial charge >= 0.3 is 0 Å². The highest BCUT2D eigenvalue weighted by atomic mass is 32.1. The molecule has 0 aliphatic heterocycles. The van der Waals surface area contributed by atoms with Crippen molar-refractivity contribution in [3.05, 3.63) is 52.2 Å². The molecule has 0 atom stereocenters. The number of nitrogens with one attached hydrogen (secondary N) is 3. The van der Waals surface area contributed by atoms with Crippen molar-refractivity contribution < 1.29 is 19.1 Å². The third-order valence-electron chi connectivity index (χ3n) is 3.25. The summed E-state index contributed by atoms with van der Waals surface area (Å²) >= 11 is 1.29. The minimum atomic E-state index is -0.426. The van der Waals surface area contributed by atoms with Crippen molar-refractivity contribution in [2.45, 2.75) is 6.54 Å². The molecule has 0 saturated heterocycles. The van der Waals surface area contributed by atoms with Gasteiger partial charge in [0.1, 0.15) is 5.75 Å². The molecule has 3 N–H and O–H groups in total. The average Bonchev–Trinajstić information content (AvgIpc) is 3.18. The summed E-state index contributed by atoms with van der Waals surface area (Å²) in [5.74, 6) is -0.306. The van der Waals surface area contributed by atoms with Gasteiger partial charge in [0, 0.05) is 6.54 Å². The fourth-order valence-corrected chi connectivity index (χ4v) is 2.54. The van der Waals surface area contributed by atoms with Crippen molar-refractivity contribution in [3.63, 3.8) is 0 Å². The van der Waals surface area contributed by atoms with Crippen LogP contribution in [0.2, 0.25) is 0 Å². The van der Waals surface area contributed by atoms with E-state index in [0.717, 1.165) is 11.3 Å². The summed E-state index contributed by atoms with van der Waals surface area (Å²) in [6, 6.07) is 10.7. The van der Waals surface area contributed by atoms with Crippen molar-refractivity contribution in [1.82, 2.24) is 16.0 Å². The van der Waals surface area contributed by atoms with Crippen LogP contribution in [0.1, 0.15) is 15.2 Å². The predicted octanol–water partition coefficient (Wildman–Crippen LogP) is 0.919. The lowest BCUT2D eigenvalue weighted by Gasteiger charge is -2.08. The van der Waals surface area contributed by atoms with E-state index in [9.17, 15) is 14.4 Å². The molecule has 0 saturated carbocycles. The summed E-state index contributed by atoms with van der Waals surface area (Å²) in [6.45, 7) is 0.0279. The smallest absolute Gasteiger partial charge is 0.261 e. The zero-order valence-corrected chi connectivity index (χ0v) is 14.5. The van der Waals surface area contributed by atoms with Crippen LogP contribution in [0.4, 0.5) is 0 Å². The Balaban J connectivity index is 1.63. The number of benzene rings is 1. The van der Waals surface area contributed by atoms with Gasteiger partial charge in [0.25, 0.3) is 5.91 Å². The number of ether oxygens (including phenoxy) is 1. The second kappa shape index (κ2) is 9.43. The van der Waals surface area contributed by atoms with Gasteiger partial charge in [-0.15, -0.1) is 11.3 Å². The van der Waals surface area contributed by atoms with Crippen LogP contribution < -0.4 is 20.7 Å². The van der Waals surface area contributed by atoms with Crippen molar-refractivity contribution in [2.24, 2.45) is 0 Å². The largest absolute Gasteiger partial charge is 0.497 e. The Morgan fingerprint density at radius 1 is 0.960 bits per heavy atom. The molecule has 0 spiro atoms. The van der Waals surface area contributed by atoms with Gasteiger partial charge in [0.2, 0.25) is 11.8 Å². The van der Waals surface area contributed by atoms with Crippen LogP contribution in [0, 0.1) is 0 Å². The molecular formula is C17H19N3O4S. The van der Waals surface area contributed by atoms with Crippen LogP contribution in [0.25, 0.3) is 0 Å². The second-order valence-electron chi connectivity index (χ2n) is 5.06. The number of amides is 3. The van der Waals surface area contributed by atoms with E-state index in [1.165, 1.54) is 11.3 Å². The fraction of sp³-hybridized carbons (Fsp3) is 0.235. The van der Waals surface area contributed by atoms with E-state index in [4.69, 9.17) is 4.74 Å². The topological polar surface area (TPSA) is 96.5 Å². The number of carbonyl (C=O) groups excluding carboxylic acids is 3. The molecule has 2 aromatic rings. The maximum atomic E-state index is 11.7. The minimum Gasteiger partial charge on any atom is -0.497 e. The third kappa shape index (κ3) is 6.27. The van der Waals surface area contributed by atoms with Gasteiger partial charge in [-0.3, -0.25) is 14.4 Å². The van der Waals surface area contributed by atoms with E-state index in [0.29, 0.717) is 11.4 Å². The van der Waals surface area contributed by atoms with Gasteiger partial charge in [-0.25, -0.2) is 0 Å². The summed E-state index contributed by atoms with van der Waals surface area (Å²) in [4.78, 5) is 35.6. The number of hydrogen-bond acceptors (Lipinski definition) is 5. The number of methoxy groups -OCH3 is 1. The summed E-state index contributed by atoms with van der Waals surface area (Å²) in [5, 5.41) is 9.43. The molecule has 0 bridgehead atoms. The zero-order chi connectivity index (χ0) is 18.1. The van der Waals surface area contributed by atoms with E-state index in [2.05, 4.69) is 16.0 Å². The molecule has 1 aromatic heterocycles. The Labute approximate surface area is 149 Å². The Morgan fingerprint density at radius 2 is 1.64 bits per heavy atom. The maximum Gasteiger partial charge on any atom is 0.261 e. The van der Waals surface area contributed by atoms with E-state index in [1.54, 1.807) is 36.8 Å².